The molecule has 0 saturated heterocycles. The number of hydrogen-bond donors (Lipinski definition) is 0. The van der Waals surface area contributed by atoms with E-state index in [1.807, 2.05) is 22.9 Å². The van der Waals surface area contributed by atoms with Crippen molar-refractivity contribution in [2.75, 3.05) is 0 Å². The molecule has 1 aliphatic rings. The summed E-state index contributed by atoms with van der Waals surface area (Å²) in [5.74, 6) is 1.07. The van der Waals surface area contributed by atoms with Crippen molar-refractivity contribution in [2.24, 2.45) is 0 Å². The van der Waals surface area contributed by atoms with E-state index < -0.39 is 0 Å². The molecule has 1 heterocycles. The van der Waals surface area contributed by atoms with E-state index in [0.29, 0.717) is 5.69 Å². The normalized spacial score (nSPS) is 16.9. The fraction of sp³-hybridized carbons (Fsp3) is 0.219. The third-order valence-corrected chi connectivity index (χ3v) is 6.97. The van der Waals surface area contributed by atoms with Gasteiger partial charge in [-0.1, -0.05) is 85.8 Å². The molecule has 3 heteroatoms. The molecule has 0 aliphatic heterocycles. The van der Waals surface area contributed by atoms with E-state index in [4.69, 9.17) is 4.74 Å². The summed E-state index contributed by atoms with van der Waals surface area (Å²) in [7, 11) is 0. The maximum atomic E-state index is 9.62. The van der Waals surface area contributed by atoms with Gasteiger partial charge in [0.25, 0.3) is 0 Å². The van der Waals surface area contributed by atoms with Crippen molar-refractivity contribution in [1.29, 1.82) is 5.26 Å². The SMILES string of the molecule is CCC=C(OC(c1cccc2ccccc12)C1CC=Cc2ccccc21)[C@H](C)n1cccc1C#N. The van der Waals surface area contributed by atoms with E-state index in [-0.39, 0.29) is 18.1 Å². The molecule has 0 N–H and O–H groups in total. The van der Waals surface area contributed by atoms with Crippen LogP contribution in [0.15, 0.2) is 103 Å². The minimum atomic E-state index is -0.173. The molecule has 3 aromatic carbocycles. The first-order valence-corrected chi connectivity index (χ1v) is 12.4. The van der Waals surface area contributed by atoms with Crippen LogP contribution in [0.1, 0.15) is 67.1 Å². The Morgan fingerprint density at radius 1 is 1.06 bits per heavy atom. The Bertz CT molecular complexity index is 1430. The maximum Gasteiger partial charge on any atom is 0.131 e. The van der Waals surface area contributed by atoms with Crippen LogP contribution in [0.4, 0.5) is 0 Å². The van der Waals surface area contributed by atoms with Crippen LogP contribution in [0.3, 0.4) is 0 Å². The van der Waals surface area contributed by atoms with Gasteiger partial charge >= 0.3 is 0 Å². The number of rotatable bonds is 7. The largest absolute Gasteiger partial charge is 0.488 e. The fourth-order valence-corrected chi connectivity index (χ4v) is 5.24. The second-order valence-electron chi connectivity index (χ2n) is 9.08. The molecule has 1 aliphatic carbocycles. The summed E-state index contributed by atoms with van der Waals surface area (Å²) in [4.78, 5) is 0. The van der Waals surface area contributed by atoms with E-state index in [2.05, 4.69) is 105 Å². The molecule has 0 radical (unpaired) electrons. The van der Waals surface area contributed by atoms with Gasteiger partial charge in [0.05, 0.1) is 6.04 Å². The summed E-state index contributed by atoms with van der Waals surface area (Å²) in [6.07, 6.45) is 10.2. The summed E-state index contributed by atoms with van der Waals surface area (Å²) < 4.78 is 9.06. The molecule has 174 valence electrons. The molecule has 0 bridgehead atoms. The van der Waals surface area contributed by atoms with Gasteiger partial charge in [-0.3, -0.25) is 0 Å². The van der Waals surface area contributed by atoms with Crippen molar-refractivity contribution in [1.82, 2.24) is 4.57 Å². The number of nitriles is 1. The second kappa shape index (κ2) is 10.1. The van der Waals surface area contributed by atoms with Gasteiger partial charge in [0.1, 0.15) is 23.6 Å². The average Bonchev–Trinajstić information content (AvgIpc) is 3.39. The Morgan fingerprint density at radius 2 is 1.86 bits per heavy atom. The molecule has 3 nitrogen and oxygen atoms in total. The first-order valence-electron chi connectivity index (χ1n) is 12.4. The number of fused-ring (bicyclic) bond motifs is 2. The molecule has 35 heavy (non-hydrogen) atoms. The second-order valence-corrected chi connectivity index (χ2v) is 9.08. The molecule has 3 atom stereocenters. The summed E-state index contributed by atoms with van der Waals surface area (Å²) >= 11 is 0. The highest BCUT2D eigenvalue weighted by Crippen LogP contribution is 2.45. The highest BCUT2D eigenvalue weighted by molar-refractivity contribution is 5.86. The van der Waals surface area contributed by atoms with Crippen molar-refractivity contribution in [2.45, 2.75) is 44.8 Å². The highest BCUT2D eigenvalue weighted by atomic mass is 16.5. The van der Waals surface area contributed by atoms with Gasteiger partial charge in [0, 0.05) is 17.7 Å². The van der Waals surface area contributed by atoms with Crippen molar-refractivity contribution in [3.05, 3.63) is 125 Å². The van der Waals surface area contributed by atoms with E-state index in [1.54, 1.807) is 0 Å². The summed E-state index contributed by atoms with van der Waals surface area (Å²) in [6.45, 7) is 4.24. The molecule has 5 rings (SSSR count). The highest BCUT2D eigenvalue weighted by Gasteiger charge is 2.32. The molecular formula is C32H30N2O. The van der Waals surface area contributed by atoms with Crippen LogP contribution in [0.5, 0.6) is 0 Å². The Labute approximate surface area is 207 Å². The molecule has 1 aromatic heterocycles. The van der Waals surface area contributed by atoms with E-state index >= 15 is 0 Å². The van der Waals surface area contributed by atoms with Crippen LogP contribution in [-0.4, -0.2) is 4.57 Å². The molecule has 0 amide bonds. The van der Waals surface area contributed by atoms with Gasteiger partial charge in [-0.2, -0.15) is 5.26 Å². The van der Waals surface area contributed by atoms with E-state index in [0.717, 1.165) is 18.6 Å². The standard InChI is InChI=1S/C32H30N2O/c1-3-11-31(23(2)34-21-10-16-26(34)22-33)35-32(29-19-8-14-24-12-4-6-17-27(24)29)30-20-9-15-25-13-5-7-18-28(25)30/h4-19,21,23,30,32H,3,20H2,1-2H3/t23-,30?,32?/m0/s1. The van der Waals surface area contributed by atoms with Crippen LogP contribution < -0.4 is 0 Å². The van der Waals surface area contributed by atoms with Gasteiger partial charge < -0.3 is 9.30 Å². The minimum Gasteiger partial charge on any atom is -0.488 e. The topological polar surface area (TPSA) is 38.0 Å². The van der Waals surface area contributed by atoms with Crippen LogP contribution in [0.25, 0.3) is 16.8 Å². The van der Waals surface area contributed by atoms with Gasteiger partial charge in [0.15, 0.2) is 0 Å². The van der Waals surface area contributed by atoms with Crippen LogP contribution in [0.2, 0.25) is 0 Å². The maximum absolute atomic E-state index is 9.62. The fourth-order valence-electron chi connectivity index (χ4n) is 5.24. The Balaban J connectivity index is 1.63. The third kappa shape index (κ3) is 4.40. The van der Waals surface area contributed by atoms with Gasteiger partial charge in [-0.05, 0) is 59.9 Å². The van der Waals surface area contributed by atoms with Crippen LogP contribution in [-0.2, 0) is 4.74 Å². The third-order valence-electron chi connectivity index (χ3n) is 6.97. The zero-order chi connectivity index (χ0) is 24.2. The predicted octanol–water partition coefficient (Wildman–Crippen LogP) is 8.33. The molecule has 2 unspecified atom stereocenters. The van der Waals surface area contributed by atoms with E-state index in [9.17, 15) is 5.26 Å². The van der Waals surface area contributed by atoms with Crippen molar-refractivity contribution in [3.8, 4) is 6.07 Å². The lowest BCUT2D eigenvalue weighted by Gasteiger charge is -2.34. The van der Waals surface area contributed by atoms with Gasteiger partial charge in [0.2, 0.25) is 0 Å². The van der Waals surface area contributed by atoms with Crippen LogP contribution in [0, 0.1) is 11.3 Å². The first-order chi connectivity index (χ1) is 17.2. The smallest absolute Gasteiger partial charge is 0.131 e. The molecule has 0 saturated carbocycles. The lowest BCUT2D eigenvalue weighted by atomic mass is 9.80. The first kappa shape index (κ1) is 22.7. The number of nitrogens with zero attached hydrogens (tertiary/aromatic N) is 2. The molecule has 4 aromatic rings. The lowest BCUT2D eigenvalue weighted by molar-refractivity contribution is 0.0741. The number of aromatic nitrogens is 1. The summed E-state index contributed by atoms with van der Waals surface area (Å²) in [5, 5.41) is 12.0. The van der Waals surface area contributed by atoms with E-state index in [1.165, 1.54) is 27.5 Å². The average molecular weight is 459 g/mol. The number of allylic oxidation sites excluding steroid dienone is 3. The predicted molar refractivity (Wildman–Crippen MR) is 143 cm³/mol. The Kier molecular flexibility index (Phi) is 6.55. The van der Waals surface area contributed by atoms with Gasteiger partial charge in [-0.25, -0.2) is 0 Å². The quantitative estimate of drug-likeness (QED) is 0.261. The van der Waals surface area contributed by atoms with Crippen molar-refractivity contribution in [3.63, 3.8) is 0 Å². The number of hydrogen-bond acceptors (Lipinski definition) is 2. The summed E-state index contributed by atoms with van der Waals surface area (Å²) in [5.41, 5.74) is 4.40. The van der Waals surface area contributed by atoms with Crippen molar-refractivity contribution < 1.29 is 4.74 Å². The monoisotopic (exact) mass is 458 g/mol. The van der Waals surface area contributed by atoms with Gasteiger partial charge in [-0.15, -0.1) is 0 Å². The zero-order valence-corrected chi connectivity index (χ0v) is 20.3. The van der Waals surface area contributed by atoms with Crippen molar-refractivity contribution >= 4 is 16.8 Å². The number of ether oxygens (including phenoxy) is 1. The summed E-state index contributed by atoms with van der Waals surface area (Å²) in [6, 6.07) is 29.7. The number of benzene rings is 3. The Morgan fingerprint density at radius 3 is 2.71 bits per heavy atom. The molecule has 0 spiro atoms. The Hall–Kier alpha value is -4.03. The molecule has 0 fully saturated rings. The minimum absolute atomic E-state index is 0.0912. The zero-order valence-electron chi connectivity index (χ0n) is 20.3. The molecular weight excluding hydrogens is 428 g/mol. The van der Waals surface area contributed by atoms with Crippen LogP contribution >= 0.6 is 0 Å². The lowest BCUT2D eigenvalue weighted by Crippen LogP contribution is -2.20.